The van der Waals surface area contributed by atoms with Gasteiger partial charge in [0.1, 0.15) is 18.4 Å². The Labute approximate surface area is 255 Å². The van der Waals surface area contributed by atoms with E-state index in [1.54, 1.807) is 44.0 Å². The number of alkyl halides is 3. The number of nitrogens with one attached hydrogen (secondary N) is 2. The van der Waals surface area contributed by atoms with Gasteiger partial charge in [-0.15, -0.1) is 11.8 Å². The number of methoxy groups -OCH3 is 1. The third-order valence-electron chi connectivity index (χ3n) is 7.36. The molecule has 1 aromatic heterocycles. The van der Waals surface area contributed by atoms with E-state index in [1.165, 1.54) is 4.57 Å². The number of nitrogens with zero attached hydrogens (tertiary/aromatic N) is 2. The van der Waals surface area contributed by atoms with Crippen LogP contribution in [-0.4, -0.2) is 73.3 Å². The van der Waals surface area contributed by atoms with Crippen LogP contribution in [0.5, 0.6) is 5.75 Å². The molecule has 11 heteroatoms. The first-order chi connectivity index (χ1) is 20.6. The molecule has 2 aromatic carbocycles. The number of rotatable bonds is 11. The maximum absolute atomic E-state index is 13.6. The summed E-state index contributed by atoms with van der Waals surface area (Å²) >= 11 is 1.60. The van der Waals surface area contributed by atoms with E-state index in [9.17, 15) is 18.0 Å². The highest BCUT2D eigenvalue weighted by molar-refractivity contribution is 7.98. The first kappa shape index (κ1) is 32.4. The van der Waals surface area contributed by atoms with Gasteiger partial charge in [0.2, 0.25) is 0 Å². The molecular formula is C32H39F3N4O3S. The summed E-state index contributed by atoms with van der Waals surface area (Å²) in [6.45, 7) is 5.16. The van der Waals surface area contributed by atoms with Crippen LogP contribution in [0, 0.1) is 11.8 Å². The molecule has 1 saturated heterocycles. The van der Waals surface area contributed by atoms with Crippen LogP contribution in [0.4, 0.5) is 24.5 Å². The van der Waals surface area contributed by atoms with E-state index in [-0.39, 0.29) is 24.7 Å². The minimum absolute atomic E-state index is 0.170. The number of carbonyl (C=O) groups is 1. The summed E-state index contributed by atoms with van der Waals surface area (Å²) in [6, 6.07) is 13.1. The monoisotopic (exact) mass is 616 g/mol. The second-order valence-electron chi connectivity index (χ2n) is 10.6. The number of fused-ring (bicyclic) bond motifs is 1. The lowest BCUT2D eigenvalue weighted by atomic mass is 10.0. The molecule has 1 unspecified atom stereocenters. The molecule has 1 aliphatic rings. The number of esters is 1. The molecule has 7 nitrogen and oxygen atoms in total. The van der Waals surface area contributed by atoms with Crippen LogP contribution in [0.2, 0.25) is 0 Å². The van der Waals surface area contributed by atoms with E-state index in [0.717, 1.165) is 42.2 Å². The fourth-order valence-corrected chi connectivity index (χ4v) is 5.70. The Morgan fingerprint density at radius 3 is 2.60 bits per heavy atom. The molecule has 232 valence electrons. The molecule has 4 rings (SSSR count). The van der Waals surface area contributed by atoms with Crippen molar-refractivity contribution in [2.24, 2.45) is 0 Å². The lowest BCUT2D eigenvalue weighted by molar-refractivity contribution is -0.148. The topological polar surface area (TPSA) is 67.8 Å². The van der Waals surface area contributed by atoms with Crippen molar-refractivity contribution in [2.45, 2.75) is 62.9 Å². The Morgan fingerprint density at radius 2 is 1.93 bits per heavy atom. The zero-order chi connectivity index (χ0) is 31.0. The van der Waals surface area contributed by atoms with Gasteiger partial charge in [-0.25, -0.2) is 0 Å². The number of likely N-dealkylation sites (tertiary alicyclic amines) is 1. The average Bonchev–Trinajstić information content (AvgIpc) is 3.32. The standard InChI is InChI=1S/C32H39F3N4O3S/c1-5-31(40)42-22(2)20-38-16-13-23(14-17-38)37-27-9-6-10-29-26(27)18-24(39(29)21-32(33,34)35)8-7-15-36-28-12-11-25(43-4)19-30(28)41-3/h6,9-12,18-19,22-23,36-37H,5,13-17,20-21H2,1-4H3. The molecule has 0 aliphatic carbocycles. The highest BCUT2D eigenvalue weighted by Crippen LogP contribution is 2.32. The van der Waals surface area contributed by atoms with Gasteiger partial charge in [0.25, 0.3) is 0 Å². The number of ether oxygens (including phenoxy) is 2. The van der Waals surface area contributed by atoms with Crippen molar-refractivity contribution in [1.29, 1.82) is 0 Å². The number of benzene rings is 2. The second kappa shape index (κ2) is 14.8. The Bertz CT molecular complexity index is 1460. The van der Waals surface area contributed by atoms with Crippen molar-refractivity contribution < 1.29 is 27.4 Å². The van der Waals surface area contributed by atoms with Gasteiger partial charge in [0, 0.05) is 48.1 Å². The van der Waals surface area contributed by atoms with E-state index in [0.29, 0.717) is 35.3 Å². The molecular weight excluding hydrogens is 577 g/mol. The molecule has 3 aromatic rings. The lowest BCUT2D eigenvalue weighted by Gasteiger charge is -2.34. The van der Waals surface area contributed by atoms with Gasteiger partial charge in [-0.2, -0.15) is 13.2 Å². The second-order valence-corrected chi connectivity index (χ2v) is 11.4. The van der Waals surface area contributed by atoms with Crippen LogP contribution in [-0.2, 0) is 16.1 Å². The smallest absolute Gasteiger partial charge is 0.406 e. The van der Waals surface area contributed by atoms with Crippen molar-refractivity contribution in [2.75, 3.05) is 50.2 Å². The molecule has 0 amide bonds. The molecule has 1 fully saturated rings. The van der Waals surface area contributed by atoms with E-state index >= 15 is 0 Å². The summed E-state index contributed by atoms with van der Waals surface area (Å²) in [4.78, 5) is 14.9. The predicted octanol–water partition coefficient (Wildman–Crippen LogP) is 6.62. The largest absolute Gasteiger partial charge is 0.495 e. The van der Waals surface area contributed by atoms with E-state index < -0.39 is 12.7 Å². The van der Waals surface area contributed by atoms with Gasteiger partial charge < -0.3 is 24.7 Å². The molecule has 0 spiro atoms. The van der Waals surface area contributed by atoms with Crippen molar-refractivity contribution in [3.8, 4) is 17.6 Å². The van der Waals surface area contributed by atoms with E-state index in [2.05, 4.69) is 27.4 Å². The van der Waals surface area contributed by atoms with Gasteiger partial charge in [0.05, 0.1) is 30.6 Å². The van der Waals surface area contributed by atoms with Crippen LogP contribution in [0.1, 0.15) is 38.8 Å². The normalized spacial score (nSPS) is 15.0. The van der Waals surface area contributed by atoms with Crippen LogP contribution in [0.25, 0.3) is 10.9 Å². The van der Waals surface area contributed by atoms with Crippen molar-refractivity contribution in [3.05, 3.63) is 48.2 Å². The number of halogens is 3. The first-order valence-corrected chi connectivity index (χ1v) is 15.6. The third-order valence-corrected chi connectivity index (χ3v) is 8.08. The summed E-state index contributed by atoms with van der Waals surface area (Å²) < 4.78 is 53.0. The molecule has 0 saturated carbocycles. The summed E-state index contributed by atoms with van der Waals surface area (Å²) in [5.41, 5.74) is 2.35. The maximum Gasteiger partial charge on any atom is 0.406 e. The fraction of sp³-hybridized carbons (Fsp3) is 0.469. The number of aromatic nitrogens is 1. The number of hydrogen-bond acceptors (Lipinski definition) is 7. The Morgan fingerprint density at radius 1 is 1.16 bits per heavy atom. The molecule has 43 heavy (non-hydrogen) atoms. The van der Waals surface area contributed by atoms with Crippen molar-refractivity contribution in [1.82, 2.24) is 9.47 Å². The molecule has 1 atom stereocenters. The highest BCUT2D eigenvalue weighted by atomic mass is 32.2. The third kappa shape index (κ3) is 9.00. The zero-order valence-electron chi connectivity index (χ0n) is 25.0. The summed E-state index contributed by atoms with van der Waals surface area (Å²) in [5.74, 6) is 6.43. The number of thioether (sulfide) groups is 1. The van der Waals surface area contributed by atoms with Gasteiger partial charge in [0.15, 0.2) is 0 Å². The average molecular weight is 617 g/mol. The zero-order valence-corrected chi connectivity index (χ0v) is 25.8. The SMILES string of the molecule is CCC(=O)OC(C)CN1CCC(Nc2cccc3c2cc(C#CCNc2ccc(SC)cc2OC)n3CC(F)(F)F)CC1. The predicted molar refractivity (Wildman–Crippen MR) is 167 cm³/mol. The molecule has 2 heterocycles. The van der Waals surface area contributed by atoms with E-state index in [1.807, 2.05) is 37.4 Å². The van der Waals surface area contributed by atoms with Crippen molar-refractivity contribution in [3.63, 3.8) is 0 Å². The first-order valence-electron chi connectivity index (χ1n) is 14.4. The van der Waals surface area contributed by atoms with Crippen LogP contribution in [0.3, 0.4) is 0 Å². The summed E-state index contributed by atoms with van der Waals surface area (Å²) in [5, 5.41) is 7.48. The maximum atomic E-state index is 13.6. The van der Waals surface area contributed by atoms with Crippen molar-refractivity contribution >= 4 is 40.0 Å². The number of anilines is 2. The summed E-state index contributed by atoms with van der Waals surface area (Å²) in [7, 11) is 1.59. The molecule has 0 bridgehead atoms. The Kier molecular flexibility index (Phi) is 11.2. The Balaban J connectivity index is 1.47. The van der Waals surface area contributed by atoms with E-state index in [4.69, 9.17) is 9.47 Å². The van der Waals surface area contributed by atoms with Gasteiger partial charge in [-0.3, -0.25) is 9.69 Å². The Hall–Kier alpha value is -3.49. The van der Waals surface area contributed by atoms with Gasteiger partial charge in [-0.1, -0.05) is 18.9 Å². The van der Waals surface area contributed by atoms with Gasteiger partial charge >= 0.3 is 12.1 Å². The highest BCUT2D eigenvalue weighted by Gasteiger charge is 2.30. The number of piperidine rings is 1. The number of carbonyl (C=O) groups excluding carboxylic acids is 1. The molecule has 0 radical (unpaired) electrons. The minimum atomic E-state index is -4.40. The molecule has 2 N–H and O–H groups in total. The number of hydrogen-bond donors (Lipinski definition) is 2. The fourth-order valence-electron chi connectivity index (χ4n) is 5.27. The minimum Gasteiger partial charge on any atom is -0.495 e. The van der Waals surface area contributed by atoms with Gasteiger partial charge in [-0.05, 0) is 68.3 Å². The quantitative estimate of drug-likeness (QED) is 0.143. The van der Waals surface area contributed by atoms with Crippen LogP contribution in [0.15, 0.2) is 47.4 Å². The van der Waals surface area contributed by atoms with Crippen LogP contribution >= 0.6 is 11.8 Å². The molecule has 1 aliphatic heterocycles. The van der Waals surface area contributed by atoms with Crippen LogP contribution < -0.4 is 15.4 Å². The lowest BCUT2D eigenvalue weighted by Crippen LogP contribution is -2.42. The summed E-state index contributed by atoms with van der Waals surface area (Å²) in [6.07, 6.45) is -0.488.